The van der Waals surface area contributed by atoms with Gasteiger partial charge in [0.05, 0.1) is 0 Å². The average Bonchev–Trinajstić information content (AvgIpc) is 2.07. The van der Waals surface area contributed by atoms with Gasteiger partial charge in [-0.1, -0.05) is 49.0 Å². The van der Waals surface area contributed by atoms with Gasteiger partial charge in [0.1, 0.15) is 11.6 Å². The van der Waals surface area contributed by atoms with Crippen LogP contribution in [0.5, 0.6) is 0 Å². The van der Waals surface area contributed by atoms with E-state index in [1.165, 1.54) is 6.42 Å². The van der Waals surface area contributed by atoms with Crippen molar-refractivity contribution in [3.63, 3.8) is 0 Å². The Morgan fingerprint density at radius 1 is 0.733 bits per heavy atom. The molecule has 0 heterocycles. The third-order valence-electron chi connectivity index (χ3n) is 0.996. The van der Waals surface area contributed by atoms with E-state index in [1.54, 1.807) is 13.8 Å². The fourth-order valence-corrected chi connectivity index (χ4v) is 0. The highest BCUT2D eigenvalue weighted by Crippen LogP contribution is 1.72. The molecule has 2 nitrogen and oxygen atoms in total. The van der Waals surface area contributed by atoms with Crippen LogP contribution in [0.4, 0.5) is 0 Å². The fourth-order valence-electron chi connectivity index (χ4n) is 0. The smallest absolute Gasteiger partial charge is 0.129 e. The van der Waals surface area contributed by atoms with Crippen LogP contribution in [0.3, 0.4) is 0 Å². The number of ketones is 2. The third kappa shape index (κ3) is 154. The minimum Gasteiger partial charge on any atom is -0.300 e. The predicted molar refractivity (Wildman–Crippen MR) is 71.4 cm³/mol. The van der Waals surface area contributed by atoms with Gasteiger partial charge in [0.25, 0.3) is 0 Å². The maximum atomic E-state index is 9.81. The largest absolute Gasteiger partial charge is 0.300 e. The Morgan fingerprint density at radius 2 is 0.800 bits per heavy atom. The average molecular weight is 220 g/mol. The van der Waals surface area contributed by atoms with Gasteiger partial charge in [-0.15, -0.1) is 0 Å². The van der Waals surface area contributed by atoms with Crippen LogP contribution in [-0.2, 0) is 9.59 Å². The van der Waals surface area contributed by atoms with E-state index in [0.29, 0.717) is 12.8 Å². The van der Waals surface area contributed by atoms with Crippen molar-refractivity contribution in [2.75, 3.05) is 0 Å². The zero-order valence-electron chi connectivity index (χ0n) is 9.94. The summed E-state index contributed by atoms with van der Waals surface area (Å²) < 4.78 is 0. The molecule has 0 aromatic heterocycles. The zero-order valence-corrected chi connectivity index (χ0v) is 9.94. The molecular formula is C13H32O2. The van der Waals surface area contributed by atoms with E-state index in [1.807, 2.05) is 13.8 Å². The van der Waals surface area contributed by atoms with Crippen LogP contribution < -0.4 is 0 Å². The molecule has 0 aliphatic heterocycles. The lowest BCUT2D eigenvalue weighted by Gasteiger charge is -1.71. The molecule has 0 N–H and O–H groups in total. The van der Waals surface area contributed by atoms with E-state index in [4.69, 9.17) is 0 Å². The number of hydrogen-bond donors (Lipinski definition) is 0. The molecule has 0 saturated carbocycles. The van der Waals surface area contributed by atoms with Gasteiger partial charge >= 0.3 is 0 Å². The van der Waals surface area contributed by atoms with Crippen molar-refractivity contribution in [1.29, 1.82) is 0 Å². The minimum absolute atomic E-state index is 0. The molecule has 0 aromatic rings. The highest BCUT2D eigenvalue weighted by molar-refractivity contribution is 5.75. The third-order valence-corrected chi connectivity index (χ3v) is 0.996. The SMILES string of the molecule is C.C.CCC.CCC(C)=O.CCC(C)=O. The van der Waals surface area contributed by atoms with E-state index in [-0.39, 0.29) is 26.4 Å². The van der Waals surface area contributed by atoms with E-state index >= 15 is 0 Å². The summed E-state index contributed by atoms with van der Waals surface area (Å²) in [5, 5.41) is 0. The first-order valence-corrected chi connectivity index (χ1v) is 4.94. The Labute approximate surface area is 97.5 Å². The second-order valence-electron chi connectivity index (χ2n) is 2.82. The van der Waals surface area contributed by atoms with Gasteiger partial charge in [0.15, 0.2) is 0 Å². The molecule has 0 atom stereocenters. The van der Waals surface area contributed by atoms with Gasteiger partial charge in [-0.25, -0.2) is 0 Å². The number of hydrogen-bond acceptors (Lipinski definition) is 2. The van der Waals surface area contributed by atoms with Gasteiger partial charge in [-0.2, -0.15) is 0 Å². The van der Waals surface area contributed by atoms with Crippen LogP contribution in [0.1, 0.15) is 75.7 Å². The Morgan fingerprint density at radius 3 is 0.800 bits per heavy atom. The monoisotopic (exact) mass is 220 g/mol. The molecule has 0 bridgehead atoms. The van der Waals surface area contributed by atoms with Crippen molar-refractivity contribution in [3.8, 4) is 0 Å². The van der Waals surface area contributed by atoms with Crippen LogP contribution in [-0.4, -0.2) is 11.6 Å². The Balaban J connectivity index is -0.0000000322. The van der Waals surface area contributed by atoms with E-state index in [0.717, 1.165) is 0 Å². The molecule has 0 radical (unpaired) electrons. The fraction of sp³-hybridized carbons (Fsp3) is 0.846. The van der Waals surface area contributed by atoms with Crippen molar-refractivity contribution in [2.45, 2.75) is 75.7 Å². The highest BCUT2D eigenvalue weighted by atomic mass is 16.1. The molecule has 96 valence electrons. The highest BCUT2D eigenvalue weighted by Gasteiger charge is 1.77. The lowest BCUT2D eigenvalue weighted by Crippen LogP contribution is -1.80. The molecule has 0 saturated heterocycles. The maximum absolute atomic E-state index is 9.81. The molecule has 15 heavy (non-hydrogen) atoms. The first-order chi connectivity index (χ1) is 5.95. The van der Waals surface area contributed by atoms with Gasteiger partial charge in [-0.05, 0) is 13.8 Å². The molecule has 0 rings (SSSR count). The second-order valence-corrected chi connectivity index (χ2v) is 2.82. The molecule has 0 amide bonds. The van der Waals surface area contributed by atoms with Crippen LogP contribution in [0.25, 0.3) is 0 Å². The van der Waals surface area contributed by atoms with Crippen molar-refractivity contribution in [3.05, 3.63) is 0 Å². The number of Topliss-reactive ketones (excluding diaryl/α,β-unsaturated/α-hetero) is 2. The van der Waals surface area contributed by atoms with E-state index in [9.17, 15) is 9.59 Å². The predicted octanol–water partition coefficient (Wildman–Crippen LogP) is 4.66. The number of carbonyl (C=O) groups is 2. The van der Waals surface area contributed by atoms with Gasteiger partial charge in [0.2, 0.25) is 0 Å². The van der Waals surface area contributed by atoms with E-state index in [2.05, 4.69) is 13.8 Å². The summed E-state index contributed by atoms with van der Waals surface area (Å²) in [4.78, 5) is 19.6. The minimum atomic E-state index is 0. The van der Waals surface area contributed by atoms with Crippen LogP contribution in [0.15, 0.2) is 0 Å². The molecule has 0 fully saturated rings. The maximum Gasteiger partial charge on any atom is 0.129 e. The Bertz CT molecular complexity index is 104. The van der Waals surface area contributed by atoms with Gasteiger partial charge < -0.3 is 9.59 Å². The molecular weight excluding hydrogens is 188 g/mol. The van der Waals surface area contributed by atoms with Crippen LogP contribution in [0.2, 0.25) is 0 Å². The molecule has 0 aliphatic rings. The van der Waals surface area contributed by atoms with Crippen molar-refractivity contribution in [2.24, 2.45) is 0 Å². The standard InChI is InChI=1S/2C4H8O.C3H8.2CH4/c2*1-3-4(2)5;1-3-2;;/h2*3H2,1-2H3;3H2,1-2H3;2*1H4. The Hall–Kier alpha value is -0.660. The first-order valence-electron chi connectivity index (χ1n) is 4.94. The van der Waals surface area contributed by atoms with Gasteiger partial charge in [0, 0.05) is 12.8 Å². The summed E-state index contributed by atoms with van der Waals surface area (Å²) in [5.74, 6) is 0.509. The quantitative estimate of drug-likeness (QED) is 0.678. The van der Waals surface area contributed by atoms with Crippen LogP contribution >= 0.6 is 0 Å². The molecule has 0 aromatic carbocycles. The zero-order chi connectivity index (χ0) is 11.3. The van der Waals surface area contributed by atoms with E-state index < -0.39 is 0 Å². The topological polar surface area (TPSA) is 34.1 Å². The van der Waals surface area contributed by atoms with Crippen LogP contribution in [0, 0.1) is 0 Å². The molecule has 0 unspecified atom stereocenters. The van der Waals surface area contributed by atoms with Crippen molar-refractivity contribution >= 4 is 11.6 Å². The summed E-state index contributed by atoms with van der Waals surface area (Å²) in [6.07, 6.45) is 2.58. The lowest BCUT2D eigenvalue weighted by molar-refractivity contribution is -0.117. The number of carbonyl (C=O) groups excluding carboxylic acids is 2. The summed E-state index contributed by atoms with van der Waals surface area (Å²) in [6.45, 7) is 11.1. The van der Waals surface area contributed by atoms with Crippen molar-refractivity contribution < 1.29 is 9.59 Å². The summed E-state index contributed by atoms with van der Waals surface area (Å²) >= 11 is 0. The first kappa shape index (κ1) is 29.3. The van der Waals surface area contributed by atoms with Crippen molar-refractivity contribution in [1.82, 2.24) is 0 Å². The molecule has 2 heteroatoms. The normalized spacial score (nSPS) is 6.27. The van der Waals surface area contributed by atoms with Gasteiger partial charge in [-0.3, -0.25) is 0 Å². The molecule has 0 aliphatic carbocycles. The Kier molecular flexibility index (Phi) is 57.0. The summed E-state index contributed by atoms with van der Waals surface area (Å²) in [6, 6.07) is 0. The second kappa shape index (κ2) is 29.2. The lowest BCUT2D eigenvalue weighted by atomic mass is 10.4. The number of rotatable bonds is 2. The summed E-state index contributed by atoms with van der Waals surface area (Å²) in [7, 11) is 0. The summed E-state index contributed by atoms with van der Waals surface area (Å²) in [5.41, 5.74) is 0. The molecule has 0 spiro atoms.